The van der Waals surface area contributed by atoms with Crippen LogP contribution in [0.3, 0.4) is 0 Å². The SMILES string of the molecule is CC1Cc2nc(C3=CC=CCN3)cc(-c3ccc4c(c3)CCC=C4)c2C=C1c1ccc2c3c(ccc2c1)C3. The second-order valence-electron chi connectivity index (χ2n) is 11.2. The van der Waals surface area contributed by atoms with Gasteiger partial charge in [-0.1, -0.05) is 73.7 Å². The lowest BCUT2D eigenvalue weighted by atomic mass is 9.80. The monoisotopic (exact) mass is 490 g/mol. The molecule has 8 rings (SSSR count). The van der Waals surface area contributed by atoms with Crippen LogP contribution in [-0.4, -0.2) is 11.5 Å². The summed E-state index contributed by atoms with van der Waals surface area (Å²) in [5.41, 5.74) is 15.8. The maximum atomic E-state index is 5.24. The number of pyridine rings is 1. The fourth-order valence-electron chi connectivity index (χ4n) is 6.52. The molecular weight excluding hydrogens is 460 g/mol. The maximum absolute atomic E-state index is 5.24. The number of rotatable bonds is 3. The first kappa shape index (κ1) is 21.9. The van der Waals surface area contributed by atoms with E-state index in [1.807, 2.05) is 0 Å². The zero-order valence-corrected chi connectivity index (χ0v) is 21.7. The van der Waals surface area contributed by atoms with Crippen molar-refractivity contribution < 1.29 is 0 Å². The smallest absolute Gasteiger partial charge is 0.0871 e. The van der Waals surface area contributed by atoms with E-state index in [1.165, 1.54) is 66.5 Å². The molecule has 1 atom stereocenters. The normalized spacial score (nSPS) is 18.7. The molecular formula is C36H30N2. The Hall–Kier alpha value is -4.17. The molecule has 0 saturated heterocycles. The van der Waals surface area contributed by atoms with Crippen molar-refractivity contribution >= 4 is 34.2 Å². The number of dihydropyridines is 1. The lowest BCUT2D eigenvalue weighted by molar-refractivity contribution is 0.717. The van der Waals surface area contributed by atoms with Gasteiger partial charge in [0.2, 0.25) is 0 Å². The van der Waals surface area contributed by atoms with E-state index in [4.69, 9.17) is 4.98 Å². The van der Waals surface area contributed by atoms with Gasteiger partial charge in [0, 0.05) is 17.8 Å². The molecule has 2 heterocycles. The van der Waals surface area contributed by atoms with Crippen molar-refractivity contribution in [3.8, 4) is 11.1 Å². The molecule has 184 valence electrons. The van der Waals surface area contributed by atoms with Gasteiger partial charge in [0.15, 0.2) is 0 Å². The minimum atomic E-state index is 0.404. The van der Waals surface area contributed by atoms with Gasteiger partial charge in [-0.2, -0.15) is 0 Å². The first-order chi connectivity index (χ1) is 18.7. The Morgan fingerprint density at radius 2 is 1.87 bits per heavy atom. The molecule has 3 aromatic carbocycles. The number of hydrogen-bond donors (Lipinski definition) is 1. The molecule has 0 spiro atoms. The summed E-state index contributed by atoms with van der Waals surface area (Å²) in [6.07, 6.45) is 17.7. The van der Waals surface area contributed by atoms with E-state index in [0.717, 1.165) is 43.6 Å². The largest absolute Gasteiger partial charge is 0.380 e. The molecule has 0 saturated carbocycles. The van der Waals surface area contributed by atoms with Crippen LogP contribution in [0.25, 0.3) is 45.3 Å². The summed E-state index contributed by atoms with van der Waals surface area (Å²) in [5, 5.41) is 6.31. The number of nitrogens with zero attached hydrogens (tertiary/aromatic N) is 1. The molecule has 0 fully saturated rings. The van der Waals surface area contributed by atoms with Gasteiger partial charge in [0.1, 0.15) is 0 Å². The van der Waals surface area contributed by atoms with Crippen LogP contribution in [0.5, 0.6) is 0 Å². The van der Waals surface area contributed by atoms with E-state index in [2.05, 4.69) is 103 Å². The molecule has 1 aromatic heterocycles. The Balaban J connectivity index is 1.31. The van der Waals surface area contributed by atoms with E-state index in [9.17, 15) is 0 Å². The van der Waals surface area contributed by atoms with Crippen molar-refractivity contribution in [1.29, 1.82) is 0 Å². The molecule has 0 bridgehead atoms. The van der Waals surface area contributed by atoms with Gasteiger partial charge < -0.3 is 5.32 Å². The second kappa shape index (κ2) is 8.43. The van der Waals surface area contributed by atoms with Gasteiger partial charge in [-0.05, 0) is 111 Å². The van der Waals surface area contributed by atoms with Crippen molar-refractivity contribution in [2.24, 2.45) is 5.92 Å². The molecule has 1 unspecified atom stereocenters. The maximum Gasteiger partial charge on any atom is 0.0871 e. The molecule has 0 radical (unpaired) electrons. The first-order valence-corrected chi connectivity index (χ1v) is 13.9. The average Bonchev–Trinajstić information content (AvgIpc) is 3.77. The number of aryl methyl sites for hydroxylation is 1. The number of benzene rings is 3. The lowest BCUT2D eigenvalue weighted by Gasteiger charge is -2.26. The zero-order valence-electron chi connectivity index (χ0n) is 21.7. The van der Waals surface area contributed by atoms with E-state index >= 15 is 0 Å². The Morgan fingerprint density at radius 3 is 2.79 bits per heavy atom. The van der Waals surface area contributed by atoms with Crippen molar-refractivity contribution in [3.05, 3.63) is 124 Å². The van der Waals surface area contributed by atoms with Crippen LogP contribution in [-0.2, 0) is 19.3 Å². The van der Waals surface area contributed by atoms with Crippen LogP contribution in [0.15, 0.2) is 78.9 Å². The third kappa shape index (κ3) is 3.59. The van der Waals surface area contributed by atoms with E-state index in [0.29, 0.717) is 5.92 Å². The van der Waals surface area contributed by atoms with Gasteiger partial charge in [0.25, 0.3) is 0 Å². The Labute approximate surface area is 224 Å². The van der Waals surface area contributed by atoms with Crippen molar-refractivity contribution in [1.82, 2.24) is 10.3 Å². The molecule has 1 aliphatic heterocycles. The van der Waals surface area contributed by atoms with Crippen LogP contribution in [0.1, 0.15) is 58.1 Å². The lowest BCUT2D eigenvalue weighted by Crippen LogP contribution is -2.18. The number of nitrogens with one attached hydrogen (secondary N) is 1. The zero-order chi connectivity index (χ0) is 25.2. The third-order valence-electron chi connectivity index (χ3n) is 8.69. The highest BCUT2D eigenvalue weighted by atomic mass is 14.9. The molecule has 2 heteroatoms. The standard InChI is InChI=1S/C36H30N2/c1-22-16-35-33(20-30(22)26-13-14-29-25(18-26)11-12-28-19-31(28)29)32(21-36(38-35)34-8-4-5-15-37-34)27-10-9-23-6-2-3-7-24(23)17-27/h2,4-6,8-14,17-18,20-22,37H,3,7,15-16,19H2,1H3. The van der Waals surface area contributed by atoms with Gasteiger partial charge in [-0.15, -0.1) is 0 Å². The Kier molecular flexibility index (Phi) is 4.85. The molecule has 0 amide bonds. The number of hydrogen-bond acceptors (Lipinski definition) is 2. The van der Waals surface area contributed by atoms with Crippen LogP contribution >= 0.6 is 0 Å². The topological polar surface area (TPSA) is 24.9 Å². The summed E-state index contributed by atoms with van der Waals surface area (Å²) in [7, 11) is 0. The van der Waals surface area contributed by atoms with Gasteiger partial charge in [0.05, 0.1) is 11.4 Å². The van der Waals surface area contributed by atoms with Crippen LogP contribution < -0.4 is 5.32 Å². The van der Waals surface area contributed by atoms with Crippen molar-refractivity contribution in [2.45, 2.75) is 32.6 Å². The summed E-state index contributed by atoms with van der Waals surface area (Å²) in [6, 6.07) is 21.0. The van der Waals surface area contributed by atoms with Gasteiger partial charge >= 0.3 is 0 Å². The molecule has 38 heavy (non-hydrogen) atoms. The van der Waals surface area contributed by atoms with Crippen molar-refractivity contribution in [3.63, 3.8) is 0 Å². The third-order valence-corrected chi connectivity index (χ3v) is 8.69. The van der Waals surface area contributed by atoms with E-state index < -0.39 is 0 Å². The average molecular weight is 491 g/mol. The Morgan fingerprint density at radius 1 is 0.921 bits per heavy atom. The fourth-order valence-corrected chi connectivity index (χ4v) is 6.52. The van der Waals surface area contributed by atoms with Crippen LogP contribution in [0.4, 0.5) is 0 Å². The number of aromatic nitrogens is 1. The number of allylic oxidation sites excluding steroid dienone is 4. The van der Waals surface area contributed by atoms with Crippen LogP contribution in [0.2, 0.25) is 0 Å². The summed E-state index contributed by atoms with van der Waals surface area (Å²) in [4.78, 5) is 5.24. The number of fused-ring (bicyclic) bond motifs is 5. The highest BCUT2D eigenvalue weighted by Gasteiger charge is 2.26. The highest BCUT2D eigenvalue weighted by Crippen LogP contribution is 2.42. The summed E-state index contributed by atoms with van der Waals surface area (Å²) >= 11 is 0. The van der Waals surface area contributed by atoms with E-state index in [-0.39, 0.29) is 0 Å². The molecule has 4 aliphatic rings. The first-order valence-electron chi connectivity index (χ1n) is 13.9. The summed E-state index contributed by atoms with van der Waals surface area (Å²) in [6.45, 7) is 3.20. The predicted octanol–water partition coefficient (Wildman–Crippen LogP) is 8.00. The fraction of sp³-hybridized carbons (Fsp3) is 0.194. The molecule has 2 nitrogen and oxygen atoms in total. The summed E-state index contributed by atoms with van der Waals surface area (Å²) < 4.78 is 0. The molecule has 4 aromatic rings. The summed E-state index contributed by atoms with van der Waals surface area (Å²) in [5.74, 6) is 0.404. The molecule has 3 aliphatic carbocycles. The van der Waals surface area contributed by atoms with Crippen molar-refractivity contribution in [2.75, 3.05) is 6.54 Å². The van der Waals surface area contributed by atoms with Crippen LogP contribution in [0, 0.1) is 5.92 Å². The predicted molar refractivity (Wildman–Crippen MR) is 160 cm³/mol. The van der Waals surface area contributed by atoms with E-state index in [1.54, 1.807) is 0 Å². The highest BCUT2D eigenvalue weighted by molar-refractivity contribution is 5.97. The Bertz CT molecular complexity index is 1780. The minimum absolute atomic E-state index is 0.404. The molecule has 1 N–H and O–H groups in total. The quantitative estimate of drug-likeness (QED) is 0.277. The second-order valence-corrected chi connectivity index (χ2v) is 11.2. The van der Waals surface area contributed by atoms with Gasteiger partial charge in [-0.25, -0.2) is 0 Å². The van der Waals surface area contributed by atoms with Gasteiger partial charge in [-0.3, -0.25) is 4.98 Å². The minimum Gasteiger partial charge on any atom is -0.380 e.